The van der Waals surface area contributed by atoms with E-state index in [4.69, 9.17) is 49.6 Å². The molecule has 36 heavy (non-hydrogen) atoms. The van der Waals surface area contributed by atoms with E-state index in [0.29, 0.717) is 50.3 Å². The van der Waals surface area contributed by atoms with Crippen LogP contribution in [0.25, 0.3) is 6.08 Å². The molecule has 1 saturated heterocycles. The van der Waals surface area contributed by atoms with E-state index in [-0.39, 0.29) is 18.5 Å². The summed E-state index contributed by atoms with van der Waals surface area (Å²) < 4.78 is 16.9. The van der Waals surface area contributed by atoms with E-state index in [1.807, 2.05) is 12.1 Å². The molecule has 0 atom stereocenters. The number of ether oxygens (including phenoxy) is 3. The van der Waals surface area contributed by atoms with Crippen molar-refractivity contribution in [2.24, 2.45) is 0 Å². The van der Waals surface area contributed by atoms with E-state index in [9.17, 15) is 9.59 Å². The van der Waals surface area contributed by atoms with Gasteiger partial charge in [-0.1, -0.05) is 65.7 Å². The third-order valence-electron chi connectivity index (χ3n) is 5.33. The lowest BCUT2D eigenvalue weighted by atomic mass is 10.1. The van der Waals surface area contributed by atoms with Gasteiger partial charge >= 0.3 is 5.97 Å². The van der Waals surface area contributed by atoms with Crippen LogP contribution in [-0.4, -0.2) is 41.4 Å². The van der Waals surface area contributed by atoms with E-state index < -0.39 is 0 Å². The van der Waals surface area contributed by atoms with Gasteiger partial charge in [-0.2, -0.15) is 0 Å². The van der Waals surface area contributed by atoms with Crippen LogP contribution in [0.15, 0.2) is 41.3 Å². The third-order valence-corrected chi connectivity index (χ3v) is 7.29. The van der Waals surface area contributed by atoms with Gasteiger partial charge in [0.25, 0.3) is 5.91 Å². The van der Waals surface area contributed by atoms with Gasteiger partial charge in [0.05, 0.1) is 18.6 Å². The first-order chi connectivity index (χ1) is 17.3. The number of hydrogen-bond donors (Lipinski definition) is 0. The summed E-state index contributed by atoms with van der Waals surface area (Å²) in [6.45, 7) is 2.96. The molecule has 10 heteroatoms. The van der Waals surface area contributed by atoms with Crippen molar-refractivity contribution in [2.45, 2.75) is 39.2 Å². The molecule has 2 aromatic carbocycles. The van der Waals surface area contributed by atoms with Gasteiger partial charge in [-0.05, 0) is 55.7 Å². The van der Waals surface area contributed by atoms with Crippen LogP contribution < -0.4 is 9.47 Å². The van der Waals surface area contributed by atoms with Crippen LogP contribution in [0.3, 0.4) is 0 Å². The molecule has 0 bridgehead atoms. The second-order valence-electron chi connectivity index (χ2n) is 7.88. The number of thioether (sulfide) groups is 1. The van der Waals surface area contributed by atoms with Crippen molar-refractivity contribution in [1.82, 2.24) is 4.90 Å². The summed E-state index contributed by atoms with van der Waals surface area (Å²) in [4.78, 5) is 26.5. The zero-order valence-corrected chi connectivity index (χ0v) is 23.2. The Balaban J connectivity index is 1.59. The SMILES string of the molecule is CCOC(=O)CCCCCN1C(=O)/C(=C/c2ccc(OCc3ccc(Cl)cc3Cl)c(OC)c2)SC1=S. The maximum absolute atomic E-state index is 12.9. The van der Waals surface area contributed by atoms with Crippen LogP contribution in [0.1, 0.15) is 43.7 Å². The largest absolute Gasteiger partial charge is 0.493 e. The third kappa shape index (κ3) is 7.87. The summed E-state index contributed by atoms with van der Waals surface area (Å²) in [7, 11) is 1.56. The van der Waals surface area contributed by atoms with E-state index in [2.05, 4.69) is 0 Å². The smallest absolute Gasteiger partial charge is 0.305 e. The van der Waals surface area contributed by atoms with Crippen molar-refractivity contribution in [1.29, 1.82) is 0 Å². The molecule has 0 radical (unpaired) electrons. The van der Waals surface area contributed by atoms with E-state index >= 15 is 0 Å². The monoisotopic (exact) mass is 567 g/mol. The summed E-state index contributed by atoms with van der Waals surface area (Å²) in [5, 5.41) is 1.09. The number of rotatable bonds is 12. The first-order valence-corrected chi connectivity index (χ1v) is 13.5. The molecule has 0 N–H and O–H groups in total. The second-order valence-corrected chi connectivity index (χ2v) is 10.4. The fraction of sp³-hybridized carbons (Fsp3) is 0.346. The lowest BCUT2D eigenvalue weighted by Crippen LogP contribution is -2.29. The number of unbranched alkanes of at least 4 members (excludes halogenated alkanes) is 2. The number of nitrogens with zero attached hydrogens (tertiary/aromatic N) is 1. The van der Waals surface area contributed by atoms with Gasteiger partial charge in [-0.15, -0.1) is 0 Å². The summed E-state index contributed by atoms with van der Waals surface area (Å²) in [5.74, 6) is 0.778. The molecule has 192 valence electrons. The molecule has 1 fully saturated rings. The first-order valence-electron chi connectivity index (χ1n) is 11.5. The minimum atomic E-state index is -0.188. The van der Waals surface area contributed by atoms with Crippen LogP contribution in [-0.2, 0) is 20.9 Å². The lowest BCUT2D eigenvalue weighted by Gasteiger charge is -2.14. The lowest BCUT2D eigenvalue weighted by molar-refractivity contribution is -0.143. The molecule has 0 spiro atoms. The number of carbonyl (C=O) groups excluding carboxylic acids is 2. The van der Waals surface area contributed by atoms with Crippen molar-refractivity contribution in [3.05, 3.63) is 62.5 Å². The Hall–Kier alpha value is -2.26. The molecule has 0 unspecified atom stereocenters. The molecule has 1 aliphatic heterocycles. The standard InChI is InChI=1S/C26H27Cl2NO5S2/c1-3-33-24(30)7-5-4-6-12-29-25(31)23(36-26(29)35)14-17-8-11-21(22(13-17)32-2)34-16-18-9-10-19(27)15-20(18)28/h8-11,13-15H,3-7,12,16H2,1-2H3/b23-14-. The normalized spacial score (nSPS) is 14.4. The van der Waals surface area contributed by atoms with Crippen LogP contribution in [0.5, 0.6) is 11.5 Å². The van der Waals surface area contributed by atoms with Crippen LogP contribution >= 0.6 is 47.2 Å². The summed E-state index contributed by atoms with van der Waals surface area (Å²) in [6, 6.07) is 10.7. The quantitative estimate of drug-likeness (QED) is 0.119. The maximum Gasteiger partial charge on any atom is 0.305 e. The van der Waals surface area contributed by atoms with Crippen molar-refractivity contribution >= 4 is 69.5 Å². The summed E-state index contributed by atoms with van der Waals surface area (Å²) in [5.41, 5.74) is 1.59. The van der Waals surface area contributed by atoms with Crippen molar-refractivity contribution in [3.63, 3.8) is 0 Å². The Bertz CT molecular complexity index is 1160. The predicted molar refractivity (Wildman–Crippen MR) is 149 cm³/mol. The minimum absolute atomic E-state index is 0.118. The molecule has 3 rings (SSSR count). The van der Waals surface area contributed by atoms with E-state index in [0.717, 1.165) is 30.4 Å². The number of methoxy groups -OCH3 is 1. The number of esters is 1. The maximum atomic E-state index is 12.9. The minimum Gasteiger partial charge on any atom is -0.493 e. The summed E-state index contributed by atoms with van der Waals surface area (Å²) in [6.07, 6.45) is 4.48. The first kappa shape index (κ1) is 28.3. The molecule has 1 amide bonds. The highest BCUT2D eigenvalue weighted by Crippen LogP contribution is 2.35. The number of amides is 1. The highest BCUT2D eigenvalue weighted by molar-refractivity contribution is 8.26. The number of hydrogen-bond acceptors (Lipinski definition) is 7. The predicted octanol–water partition coefficient (Wildman–Crippen LogP) is 6.91. The fourth-order valence-corrected chi connectivity index (χ4v) is 5.25. The van der Waals surface area contributed by atoms with E-state index in [1.165, 1.54) is 11.8 Å². The topological polar surface area (TPSA) is 65.1 Å². The molecule has 1 heterocycles. The molecule has 6 nitrogen and oxygen atoms in total. The summed E-state index contributed by atoms with van der Waals surface area (Å²) >= 11 is 18.9. The van der Waals surface area contributed by atoms with Gasteiger partial charge in [0, 0.05) is 28.6 Å². The molecule has 1 aliphatic rings. The highest BCUT2D eigenvalue weighted by Gasteiger charge is 2.31. The van der Waals surface area contributed by atoms with Crippen LogP contribution in [0, 0.1) is 0 Å². The Morgan fingerprint density at radius 3 is 2.64 bits per heavy atom. The van der Waals surface area contributed by atoms with Crippen molar-refractivity contribution in [2.75, 3.05) is 20.3 Å². The Labute approximate surface area is 230 Å². The second kappa shape index (κ2) is 13.9. The molecule has 2 aromatic rings. The zero-order valence-electron chi connectivity index (χ0n) is 20.1. The average Bonchev–Trinajstić information content (AvgIpc) is 3.11. The molecular formula is C26H27Cl2NO5S2. The van der Waals surface area contributed by atoms with Gasteiger partial charge in [-0.25, -0.2) is 0 Å². The number of benzene rings is 2. The Kier molecular flexibility index (Phi) is 10.9. The van der Waals surface area contributed by atoms with Crippen molar-refractivity contribution < 1.29 is 23.8 Å². The van der Waals surface area contributed by atoms with Crippen LogP contribution in [0.2, 0.25) is 10.0 Å². The van der Waals surface area contributed by atoms with Gasteiger partial charge < -0.3 is 14.2 Å². The molecule has 0 aliphatic carbocycles. The molecular weight excluding hydrogens is 541 g/mol. The highest BCUT2D eigenvalue weighted by atomic mass is 35.5. The van der Waals surface area contributed by atoms with Gasteiger partial charge in [0.2, 0.25) is 0 Å². The zero-order chi connectivity index (χ0) is 26.1. The van der Waals surface area contributed by atoms with Crippen molar-refractivity contribution in [3.8, 4) is 11.5 Å². The van der Waals surface area contributed by atoms with Gasteiger partial charge in [0.1, 0.15) is 10.9 Å². The average molecular weight is 569 g/mol. The van der Waals surface area contributed by atoms with Gasteiger partial charge in [-0.3, -0.25) is 14.5 Å². The Morgan fingerprint density at radius 1 is 1.11 bits per heavy atom. The van der Waals surface area contributed by atoms with Crippen LogP contribution in [0.4, 0.5) is 0 Å². The number of carbonyl (C=O) groups is 2. The fourth-order valence-electron chi connectivity index (χ4n) is 3.48. The Morgan fingerprint density at radius 2 is 1.92 bits per heavy atom. The number of thiocarbonyl (C=S) groups is 1. The molecule has 0 saturated carbocycles. The van der Waals surface area contributed by atoms with Gasteiger partial charge in [0.15, 0.2) is 11.5 Å². The molecule has 0 aromatic heterocycles. The van der Waals surface area contributed by atoms with E-state index in [1.54, 1.807) is 49.3 Å². The number of halogens is 2.